The number of thioether (sulfide) groups is 1. The predicted molar refractivity (Wildman–Crippen MR) is 61.5 cm³/mol. The second-order valence-electron chi connectivity index (χ2n) is 3.61. The van der Waals surface area contributed by atoms with E-state index in [0.29, 0.717) is 25.5 Å². The Morgan fingerprint density at radius 3 is 2.88 bits per heavy atom. The first kappa shape index (κ1) is 13.3. The summed E-state index contributed by atoms with van der Waals surface area (Å²) in [6, 6.07) is 0. The molecule has 1 aliphatic heterocycles. The largest absolute Gasteiger partial charge is 0.481 e. The number of nitrogens with one attached hydrogen (secondary N) is 1. The summed E-state index contributed by atoms with van der Waals surface area (Å²) in [6.45, 7) is 1.79. The predicted octanol–water partition coefficient (Wildman–Crippen LogP) is 0.347. The van der Waals surface area contributed by atoms with Crippen molar-refractivity contribution in [3.05, 3.63) is 0 Å². The molecule has 1 rings (SSSR count). The second kappa shape index (κ2) is 7.51. The fraction of sp³-hybridized carbons (Fsp3) is 0.800. The van der Waals surface area contributed by atoms with Crippen LogP contribution in [0.3, 0.4) is 0 Å². The minimum Gasteiger partial charge on any atom is -0.481 e. The lowest BCUT2D eigenvalue weighted by molar-refractivity contribution is -0.136. The van der Waals surface area contributed by atoms with E-state index in [2.05, 4.69) is 5.32 Å². The summed E-state index contributed by atoms with van der Waals surface area (Å²) < 4.78 is 5.12. The molecule has 0 aromatic rings. The van der Waals surface area contributed by atoms with Crippen LogP contribution in [0.25, 0.3) is 0 Å². The Morgan fingerprint density at radius 1 is 1.44 bits per heavy atom. The molecule has 0 aromatic heterocycles. The lowest BCUT2D eigenvalue weighted by Gasteiger charge is -2.08. The third-order valence-corrected chi connectivity index (χ3v) is 3.29. The van der Waals surface area contributed by atoms with Gasteiger partial charge in [0.25, 0.3) is 0 Å². The second-order valence-corrected chi connectivity index (χ2v) is 4.83. The Bertz CT molecular complexity index is 241. The van der Waals surface area contributed by atoms with Gasteiger partial charge in [0.2, 0.25) is 5.91 Å². The van der Waals surface area contributed by atoms with Crippen LogP contribution in [0.2, 0.25) is 0 Å². The highest BCUT2D eigenvalue weighted by molar-refractivity contribution is 7.99. The number of hydrogen-bond acceptors (Lipinski definition) is 4. The summed E-state index contributed by atoms with van der Waals surface area (Å²) in [6.07, 6.45) is 0.979. The molecule has 6 heteroatoms. The van der Waals surface area contributed by atoms with Gasteiger partial charge in [-0.15, -0.1) is 0 Å². The van der Waals surface area contributed by atoms with Crippen LogP contribution in [0.4, 0.5) is 0 Å². The molecule has 1 amide bonds. The first-order valence-corrected chi connectivity index (χ1v) is 6.50. The van der Waals surface area contributed by atoms with Gasteiger partial charge in [0, 0.05) is 24.7 Å². The summed E-state index contributed by atoms with van der Waals surface area (Å²) in [5.74, 6) is 0.629. The Kier molecular flexibility index (Phi) is 6.25. The van der Waals surface area contributed by atoms with Gasteiger partial charge < -0.3 is 15.2 Å². The summed E-state index contributed by atoms with van der Waals surface area (Å²) in [5.41, 5.74) is 0. The molecular formula is C10H17NO4S. The molecule has 1 aliphatic rings. The first-order valence-electron chi connectivity index (χ1n) is 5.35. The average molecular weight is 247 g/mol. The van der Waals surface area contributed by atoms with Crippen molar-refractivity contribution in [1.29, 1.82) is 0 Å². The van der Waals surface area contributed by atoms with E-state index in [1.807, 2.05) is 0 Å². The molecule has 0 bridgehead atoms. The molecule has 0 saturated carbocycles. The van der Waals surface area contributed by atoms with Crippen LogP contribution < -0.4 is 5.32 Å². The van der Waals surface area contributed by atoms with Crippen molar-refractivity contribution in [2.75, 3.05) is 31.3 Å². The molecule has 1 unspecified atom stereocenters. The molecule has 5 nitrogen and oxygen atoms in total. The van der Waals surface area contributed by atoms with Gasteiger partial charge in [-0.25, -0.2) is 0 Å². The molecule has 0 spiro atoms. The molecule has 0 aromatic carbocycles. The van der Waals surface area contributed by atoms with Gasteiger partial charge in [-0.3, -0.25) is 9.59 Å². The van der Waals surface area contributed by atoms with Gasteiger partial charge in [-0.1, -0.05) is 0 Å². The molecule has 16 heavy (non-hydrogen) atoms. The number of aliphatic carboxylic acids is 1. The lowest BCUT2D eigenvalue weighted by atomic mass is 10.1. The normalized spacial score (nSPS) is 19.6. The number of amides is 1. The van der Waals surface area contributed by atoms with Crippen LogP contribution in [0.5, 0.6) is 0 Å². The minimum atomic E-state index is -0.778. The maximum Gasteiger partial charge on any atom is 0.304 e. The van der Waals surface area contributed by atoms with E-state index in [1.165, 1.54) is 11.8 Å². The van der Waals surface area contributed by atoms with Gasteiger partial charge in [-0.05, 0) is 6.42 Å². The van der Waals surface area contributed by atoms with Crippen molar-refractivity contribution in [1.82, 2.24) is 5.32 Å². The average Bonchev–Trinajstić information content (AvgIpc) is 2.75. The molecular weight excluding hydrogens is 230 g/mol. The van der Waals surface area contributed by atoms with Crippen LogP contribution >= 0.6 is 11.8 Å². The van der Waals surface area contributed by atoms with E-state index < -0.39 is 5.97 Å². The van der Waals surface area contributed by atoms with Gasteiger partial charge in [0.1, 0.15) is 0 Å². The van der Waals surface area contributed by atoms with Gasteiger partial charge in [0.15, 0.2) is 0 Å². The third-order valence-electron chi connectivity index (χ3n) is 2.31. The van der Waals surface area contributed by atoms with Crippen LogP contribution in [0.1, 0.15) is 12.8 Å². The zero-order chi connectivity index (χ0) is 11.8. The molecule has 1 heterocycles. The highest BCUT2D eigenvalue weighted by Crippen LogP contribution is 2.11. The van der Waals surface area contributed by atoms with Crippen LogP contribution in [0.15, 0.2) is 0 Å². The number of carboxylic acids is 1. The van der Waals surface area contributed by atoms with Crippen molar-refractivity contribution in [2.45, 2.75) is 12.8 Å². The van der Waals surface area contributed by atoms with Gasteiger partial charge >= 0.3 is 5.97 Å². The monoisotopic (exact) mass is 247 g/mol. The summed E-state index contributed by atoms with van der Waals surface area (Å²) >= 11 is 1.54. The SMILES string of the molecule is O=C(O)CCSCCNC(=O)C1CCOC1. The van der Waals surface area contributed by atoms with E-state index in [9.17, 15) is 9.59 Å². The maximum absolute atomic E-state index is 11.5. The minimum absolute atomic E-state index is 0.00372. The standard InChI is InChI=1S/C10H17NO4S/c12-9(13)2-5-16-6-3-11-10(14)8-1-4-15-7-8/h8H,1-7H2,(H,11,14)(H,12,13). The molecule has 0 radical (unpaired) electrons. The van der Waals surface area contributed by atoms with Gasteiger partial charge in [0.05, 0.1) is 18.9 Å². The van der Waals surface area contributed by atoms with Gasteiger partial charge in [-0.2, -0.15) is 11.8 Å². The first-order chi connectivity index (χ1) is 7.70. The molecule has 92 valence electrons. The summed E-state index contributed by atoms with van der Waals surface area (Å²) in [5, 5.41) is 11.2. The van der Waals surface area contributed by atoms with Crippen molar-refractivity contribution in [3.63, 3.8) is 0 Å². The van der Waals surface area contributed by atoms with E-state index in [1.54, 1.807) is 0 Å². The number of hydrogen-bond donors (Lipinski definition) is 2. The molecule has 0 aliphatic carbocycles. The Balaban J connectivity index is 1.94. The topological polar surface area (TPSA) is 75.6 Å². The highest BCUT2D eigenvalue weighted by atomic mass is 32.2. The van der Waals surface area contributed by atoms with Crippen molar-refractivity contribution < 1.29 is 19.4 Å². The molecule has 2 N–H and O–H groups in total. The zero-order valence-corrected chi connectivity index (χ0v) is 9.92. The van der Waals surface area contributed by atoms with E-state index in [0.717, 1.165) is 12.2 Å². The number of rotatable bonds is 7. The van der Waals surface area contributed by atoms with E-state index in [4.69, 9.17) is 9.84 Å². The summed E-state index contributed by atoms with van der Waals surface area (Å²) in [4.78, 5) is 21.7. The van der Waals surface area contributed by atoms with Crippen molar-refractivity contribution >= 4 is 23.6 Å². The fourth-order valence-electron chi connectivity index (χ4n) is 1.39. The zero-order valence-electron chi connectivity index (χ0n) is 9.11. The molecule has 1 saturated heterocycles. The number of carbonyl (C=O) groups excluding carboxylic acids is 1. The smallest absolute Gasteiger partial charge is 0.304 e. The van der Waals surface area contributed by atoms with Crippen LogP contribution in [0, 0.1) is 5.92 Å². The highest BCUT2D eigenvalue weighted by Gasteiger charge is 2.22. The fourth-order valence-corrected chi connectivity index (χ4v) is 2.16. The molecule has 1 atom stereocenters. The Labute approximate surface area is 98.9 Å². The molecule has 1 fully saturated rings. The maximum atomic E-state index is 11.5. The van der Waals surface area contributed by atoms with E-state index >= 15 is 0 Å². The number of carboxylic acid groups (broad SMARTS) is 1. The summed E-state index contributed by atoms with van der Waals surface area (Å²) in [7, 11) is 0. The number of carbonyl (C=O) groups is 2. The van der Waals surface area contributed by atoms with Crippen LogP contribution in [-0.4, -0.2) is 48.2 Å². The van der Waals surface area contributed by atoms with Crippen molar-refractivity contribution in [2.24, 2.45) is 5.92 Å². The lowest BCUT2D eigenvalue weighted by Crippen LogP contribution is -2.32. The number of ether oxygens (including phenoxy) is 1. The van der Waals surface area contributed by atoms with Crippen molar-refractivity contribution in [3.8, 4) is 0 Å². The van der Waals surface area contributed by atoms with Crippen LogP contribution in [-0.2, 0) is 14.3 Å². The third kappa shape index (κ3) is 5.37. The Morgan fingerprint density at radius 2 is 2.25 bits per heavy atom. The quantitative estimate of drug-likeness (QED) is 0.635. The van der Waals surface area contributed by atoms with E-state index in [-0.39, 0.29) is 18.2 Å². The Hall–Kier alpha value is -0.750.